The monoisotopic (exact) mass is 342 g/mol. The maximum absolute atomic E-state index is 11.2. The highest BCUT2D eigenvalue weighted by molar-refractivity contribution is 7.16. The Labute approximate surface area is 148 Å². The summed E-state index contributed by atoms with van der Waals surface area (Å²) in [7, 11) is 1.69. The smallest absolute Gasteiger partial charge is 0.150 e. The minimum absolute atomic E-state index is 0.194. The summed E-state index contributed by atoms with van der Waals surface area (Å²) in [5.74, 6) is 0.831. The molecule has 2 nitrogen and oxygen atoms in total. The van der Waals surface area contributed by atoms with Crippen LogP contribution >= 0.6 is 11.3 Å². The highest BCUT2D eigenvalue weighted by Crippen LogP contribution is 2.54. The summed E-state index contributed by atoms with van der Waals surface area (Å²) in [5, 5.41) is 0. The number of benzene rings is 1. The summed E-state index contributed by atoms with van der Waals surface area (Å²) in [6.45, 7) is 11.6. The van der Waals surface area contributed by atoms with E-state index in [0.29, 0.717) is 5.56 Å². The van der Waals surface area contributed by atoms with Crippen molar-refractivity contribution in [1.29, 1.82) is 0 Å². The van der Waals surface area contributed by atoms with E-state index < -0.39 is 0 Å². The standard InChI is InChI=1S/C21H26O2S/c1-13-17-19(21(4,5)10-9-20(17,2)3)24-18(13)15-11-14(12-22)7-8-16(15)23-6/h7-8,11-12H,9-10H2,1-6H3. The van der Waals surface area contributed by atoms with Gasteiger partial charge in [0.25, 0.3) is 0 Å². The molecular weight excluding hydrogens is 316 g/mol. The Balaban J connectivity index is 2.29. The van der Waals surface area contributed by atoms with Crippen molar-refractivity contribution in [3.63, 3.8) is 0 Å². The minimum atomic E-state index is 0.194. The zero-order valence-corrected chi connectivity index (χ0v) is 16.3. The molecule has 1 aliphatic carbocycles. The van der Waals surface area contributed by atoms with Gasteiger partial charge in [-0.1, -0.05) is 27.7 Å². The van der Waals surface area contributed by atoms with Crippen LogP contribution in [0.15, 0.2) is 18.2 Å². The van der Waals surface area contributed by atoms with E-state index in [1.165, 1.54) is 33.7 Å². The quantitative estimate of drug-likeness (QED) is 0.650. The van der Waals surface area contributed by atoms with Crippen LogP contribution in [-0.2, 0) is 10.8 Å². The zero-order valence-electron chi connectivity index (χ0n) is 15.4. The number of carbonyl (C=O) groups is 1. The molecule has 0 atom stereocenters. The fraction of sp³-hybridized carbons (Fsp3) is 0.476. The molecule has 1 aliphatic rings. The Bertz CT molecular complexity index is 796. The summed E-state index contributed by atoms with van der Waals surface area (Å²) in [5.41, 5.74) is 4.96. The van der Waals surface area contributed by atoms with Gasteiger partial charge in [-0.2, -0.15) is 0 Å². The third-order valence-corrected chi connectivity index (χ3v) is 7.11. The Hall–Kier alpha value is -1.61. The Morgan fingerprint density at radius 1 is 1.12 bits per heavy atom. The summed E-state index contributed by atoms with van der Waals surface area (Å²) < 4.78 is 5.58. The average Bonchev–Trinajstić information content (AvgIpc) is 2.91. The van der Waals surface area contributed by atoms with Gasteiger partial charge in [0.1, 0.15) is 12.0 Å². The molecule has 24 heavy (non-hydrogen) atoms. The fourth-order valence-electron chi connectivity index (χ4n) is 3.90. The lowest BCUT2D eigenvalue weighted by Gasteiger charge is -2.39. The number of aldehydes is 1. The van der Waals surface area contributed by atoms with Crippen molar-refractivity contribution < 1.29 is 9.53 Å². The third-order valence-electron chi connectivity index (χ3n) is 5.42. The molecule has 1 heterocycles. The first-order chi connectivity index (χ1) is 11.2. The zero-order chi connectivity index (χ0) is 17.7. The predicted molar refractivity (Wildman–Crippen MR) is 102 cm³/mol. The lowest BCUT2D eigenvalue weighted by atomic mass is 9.66. The third kappa shape index (κ3) is 2.59. The molecule has 128 valence electrons. The number of ether oxygens (including phenoxy) is 1. The first-order valence-electron chi connectivity index (χ1n) is 8.49. The van der Waals surface area contributed by atoms with E-state index in [2.05, 4.69) is 34.6 Å². The van der Waals surface area contributed by atoms with Gasteiger partial charge in [-0.25, -0.2) is 0 Å². The molecule has 0 spiro atoms. The maximum Gasteiger partial charge on any atom is 0.150 e. The average molecular weight is 343 g/mol. The van der Waals surface area contributed by atoms with Gasteiger partial charge < -0.3 is 4.74 Å². The van der Waals surface area contributed by atoms with E-state index in [4.69, 9.17) is 4.74 Å². The number of hydrogen-bond donors (Lipinski definition) is 0. The SMILES string of the molecule is COc1ccc(C=O)cc1-c1sc2c(c1C)C(C)(C)CCC2(C)C. The van der Waals surface area contributed by atoms with Gasteiger partial charge in [0.2, 0.25) is 0 Å². The van der Waals surface area contributed by atoms with Crippen LogP contribution in [0.4, 0.5) is 0 Å². The topological polar surface area (TPSA) is 26.3 Å². The largest absolute Gasteiger partial charge is 0.496 e. The molecule has 0 bridgehead atoms. The van der Waals surface area contributed by atoms with Crippen molar-refractivity contribution in [3.05, 3.63) is 39.8 Å². The number of thiophene rings is 1. The second-order valence-electron chi connectivity index (χ2n) is 8.11. The molecule has 3 heteroatoms. The van der Waals surface area contributed by atoms with E-state index >= 15 is 0 Å². The van der Waals surface area contributed by atoms with Crippen LogP contribution in [0.5, 0.6) is 5.75 Å². The number of rotatable bonds is 3. The Morgan fingerprint density at radius 3 is 2.38 bits per heavy atom. The molecule has 0 radical (unpaired) electrons. The molecule has 1 aromatic carbocycles. The normalized spacial score (nSPS) is 18.1. The molecule has 0 amide bonds. The van der Waals surface area contributed by atoms with Gasteiger partial charge in [0.05, 0.1) is 7.11 Å². The molecule has 0 N–H and O–H groups in total. The van der Waals surface area contributed by atoms with Gasteiger partial charge >= 0.3 is 0 Å². The van der Waals surface area contributed by atoms with Crippen molar-refractivity contribution in [1.82, 2.24) is 0 Å². The molecule has 0 saturated carbocycles. The lowest BCUT2D eigenvalue weighted by Crippen LogP contribution is -2.32. The van der Waals surface area contributed by atoms with Gasteiger partial charge in [0.15, 0.2) is 0 Å². The van der Waals surface area contributed by atoms with Crippen LogP contribution in [0.3, 0.4) is 0 Å². The van der Waals surface area contributed by atoms with Crippen LogP contribution in [-0.4, -0.2) is 13.4 Å². The number of methoxy groups -OCH3 is 1. The summed E-state index contributed by atoms with van der Waals surface area (Å²) in [4.78, 5) is 14.0. The van der Waals surface area contributed by atoms with Crippen molar-refractivity contribution in [2.45, 2.75) is 58.3 Å². The van der Waals surface area contributed by atoms with Crippen LogP contribution in [0, 0.1) is 6.92 Å². The molecule has 0 saturated heterocycles. The highest BCUT2D eigenvalue weighted by atomic mass is 32.1. The molecule has 2 aromatic rings. The summed E-state index contributed by atoms with van der Waals surface area (Å²) >= 11 is 1.88. The fourth-order valence-corrected chi connectivity index (χ4v) is 5.54. The van der Waals surface area contributed by atoms with Crippen molar-refractivity contribution in [2.75, 3.05) is 7.11 Å². The van der Waals surface area contributed by atoms with Crippen LogP contribution in [0.25, 0.3) is 10.4 Å². The van der Waals surface area contributed by atoms with Crippen molar-refractivity contribution in [2.24, 2.45) is 0 Å². The van der Waals surface area contributed by atoms with Gasteiger partial charge in [0, 0.05) is 20.9 Å². The highest BCUT2D eigenvalue weighted by Gasteiger charge is 2.41. The molecule has 3 rings (SSSR count). The van der Waals surface area contributed by atoms with E-state index in [1.807, 2.05) is 29.5 Å². The summed E-state index contributed by atoms with van der Waals surface area (Å²) in [6, 6.07) is 5.66. The number of fused-ring (bicyclic) bond motifs is 1. The first kappa shape index (κ1) is 17.2. The van der Waals surface area contributed by atoms with Crippen LogP contribution in [0.2, 0.25) is 0 Å². The van der Waals surface area contributed by atoms with Gasteiger partial charge in [-0.05, 0) is 59.9 Å². The summed E-state index contributed by atoms with van der Waals surface area (Å²) in [6.07, 6.45) is 3.31. The molecule has 0 aliphatic heterocycles. The predicted octanol–water partition coefficient (Wildman–Crippen LogP) is 5.89. The molecule has 0 fully saturated rings. The van der Waals surface area contributed by atoms with E-state index in [0.717, 1.165) is 17.6 Å². The number of carbonyl (C=O) groups excluding carboxylic acids is 1. The minimum Gasteiger partial charge on any atom is -0.496 e. The van der Waals surface area contributed by atoms with Crippen molar-refractivity contribution in [3.8, 4) is 16.2 Å². The van der Waals surface area contributed by atoms with E-state index in [1.54, 1.807) is 7.11 Å². The Morgan fingerprint density at radius 2 is 1.79 bits per heavy atom. The second kappa shape index (κ2) is 5.73. The Kier molecular flexibility index (Phi) is 4.11. The molecule has 1 aromatic heterocycles. The first-order valence-corrected chi connectivity index (χ1v) is 9.31. The second-order valence-corrected chi connectivity index (χ2v) is 9.13. The van der Waals surface area contributed by atoms with Gasteiger partial charge in [-0.15, -0.1) is 11.3 Å². The van der Waals surface area contributed by atoms with Gasteiger partial charge in [-0.3, -0.25) is 4.79 Å². The molecular formula is C21H26O2S. The van der Waals surface area contributed by atoms with Crippen LogP contribution in [0.1, 0.15) is 66.9 Å². The van der Waals surface area contributed by atoms with E-state index in [-0.39, 0.29) is 10.8 Å². The van der Waals surface area contributed by atoms with Crippen molar-refractivity contribution >= 4 is 17.6 Å². The van der Waals surface area contributed by atoms with Crippen LogP contribution < -0.4 is 4.74 Å². The van der Waals surface area contributed by atoms with E-state index in [9.17, 15) is 4.79 Å². The maximum atomic E-state index is 11.2. The number of hydrogen-bond acceptors (Lipinski definition) is 3. The molecule has 0 unspecified atom stereocenters. The lowest BCUT2D eigenvalue weighted by molar-refractivity contribution is 0.112.